The van der Waals surface area contributed by atoms with E-state index in [4.69, 9.17) is 4.74 Å². The Morgan fingerprint density at radius 1 is 0.828 bits per heavy atom. The molecule has 2 aromatic rings. The van der Waals surface area contributed by atoms with Crippen LogP contribution in [0.4, 0.5) is 0 Å². The van der Waals surface area contributed by atoms with Crippen molar-refractivity contribution in [3.63, 3.8) is 0 Å². The van der Waals surface area contributed by atoms with Crippen LogP contribution in [0, 0.1) is 0 Å². The zero-order valence-electron chi connectivity index (χ0n) is 17.1. The van der Waals surface area contributed by atoms with Crippen molar-refractivity contribution in [1.29, 1.82) is 0 Å². The Balaban J connectivity index is 1.94. The summed E-state index contributed by atoms with van der Waals surface area (Å²) in [5.74, 6) is 1.02. The number of phenolic OH excluding ortho intramolecular Hbond substituents is 1. The lowest BCUT2D eigenvalue weighted by molar-refractivity contribution is 0.458. The van der Waals surface area contributed by atoms with Crippen LogP contribution in [0.3, 0.4) is 0 Å². The summed E-state index contributed by atoms with van der Waals surface area (Å²) in [7, 11) is -4.30. The van der Waals surface area contributed by atoms with Crippen LogP contribution < -0.4 is 4.74 Å². The van der Waals surface area contributed by atoms with Crippen molar-refractivity contribution in [3.05, 3.63) is 48.0 Å². The first-order chi connectivity index (χ1) is 13.9. The van der Waals surface area contributed by atoms with Gasteiger partial charge in [0.15, 0.2) is 0 Å². The Bertz CT molecular complexity index is 844. The number of rotatable bonds is 13. The summed E-state index contributed by atoms with van der Waals surface area (Å²) in [5.41, 5.74) is 0.897. The molecule has 0 aliphatic heterocycles. The maximum absolute atomic E-state index is 11.5. The normalized spacial score (nSPS) is 11.5. The van der Waals surface area contributed by atoms with Gasteiger partial charge in [-0.25, -0.2) is 0 Å². The Kier molecular flexibility index (Phi) is 9.48. The van der Waals surface area contributed by atoms with Gasteiger partial charge in [0, 0.05) is 6.07 Å². The fraction of sp³-hybridized carbons (Fsp3) is 0.478. The topological polar surface area (TPSA) is 83.8 Å². The molecule has 160 valence electrons. The van der Waals surface area contributed by atoms with E-state index in [1.165, 1.54) is 69.2 Å². The van der Waals surface area contributed by atoms with Gasteiger partial charge in [0.1, 0.15) is 17.2 Å². The third-order valence-corrected chi connectivity index (χ3v) is 5.80. The van der Waals surface area contributed by atoms with Crippen molar-refractivity contribution in [2.75, 3.05) is 0 Å². The van der Waals surface area contributed by atoms with Crippen LogP contribution in [-0.4, -0.2) is 18.1 Å². The van der Waals surface area contributed by atoms with Crippen LogP contribution in [0.5, 0.6) is 17.2 Å². The van der Waals surface area contributed by atoms with Gasteiger partial charge in [-0.05, 0) is 48.7 Å². The number of aryl methyl sites for hydroxylation is 1. The first kappa shape index (κ1) is 23.2. The van der Waals surface area contributed by atoms with Gasteiger partial charge in [0.2, 0.25) is 0 Å². The number of unbranched alkanes of at least 4 members (excludes halogenated alkanes) is 8. The highest BCUT2D eigenvalue weighted by atomic mass is 32.2. The summed E-state index contributed by atoms with van der Waals surface area (Å²) in [5, 5.41) is 9.41. The monoisotopic (exact) mass is 420 g/mol. The molecule has 0 unspecified atom stereocenters. The Labute approximate surface area is 174 Å². The van der Waals surface area contributed by atoms with Gasteiger partial charge in [-0.1, -0.05) is 64.4 Å². The van der Waals surface area contributed by atoms with Gasteiger partial charge >= 0.3 is 0 Å². The summed E-state index contributed by atoms with van der Waals surface area (Å²) in [6, 6.07) is 10.7. The van der Waals surface area contributed by atoms with E-state index in [0.717, 1.165) is 24.8 Å². The van der Waals surface area contributed by atoms with Gasteiger partial charge in [0.05, 0.1) is 4.90 Å². The van der Waals surface area contributed by atoms with Crippen molar-refractivity contribution in [1.82, 2.24) is 0 Å². The molecule has 0 saturated heterocycles. The fourth-order valence-electron chi connectivity index (χ4n) is 3.26. The molecular weight excluding hydrogens is 388 g/mol. The highest BCUT2D eigenvalue weighted by molar-refractivity contribution is 7.85. The molecule has 0 heterocycles. The number of hydrogen-bond donors (Lipinski definition) is 2. The summed E-state index contributed by atoms with van der Waals surface area (Å²) in [4.78, 5) is -0.192. The molecule has 0 atom stereocenters. The third-order valence-electron chi connectivity index (χ3n) is 4.95. The van der Waals surface area contributed by atoms with Crippen LogP contribution in [0.15, 0.2) is 47.4 Å². The van der Waals surface area contributed by atoms with Crippen molar-refractivity contribution >= 4 is 10.1 Å². The minimum Gasteiger partial charge on any atom is -0.508 e. The SMILES string of the molecule is CCCCCCCCCCCc1ccc(S(=O)(=O)O)cc1Oc1ccc(O)cc1. The second kappa shape index (κ2) is 11.8. The molecule has 2 rings (SSSR count). The standard InChI is InChI=1S/C23H32O5S/c1-2-3-4-5-6-7-8-9-10-11-19-12-17-22(29(25,26)27)18-23(19)28-21-15-13-20(24)14-16-21/h12-18,24H,2-11H2,1H3,(H,25,26,27). The average molecular weight is 421 g/mol. The summed E-state index contributed by atoms with van der Waals surface area (Å²) in [6.45, 7) is 2.22. The van der Waals surface area contributed by atoms with E-state index >= 15 is 0 Å². The van der Waals surface area contributed by atoms with Gasteiger partial charge in [-0.3, -0.25) is 4.55 Å². The summed E-state index contributed by atoms with van der Waals surface area (Å²) in [6.07, 6.45) is 11.9. The Morgan fingerprint density at radius 2 is 1.41 bits per heavy atom. The van der Waals surface area contributed by atoms with Crippen molar-refractivity contribution in [2.24, 2.45) is 0 Å². The van der Waals surface area contributed by atoms with Crippen molar-refractivity contribution in [2.45, 2.75) is 76.0 Å². The fourth-order valence-corrected chi connectivity index (χ4v) is 3.76. The van der Waals surface area contributed by atoms with E-state index in [1.807, 2.05) is 0 Å². The molecule has 0 fully saturated rings. The lowest BCUT2D eigenvalue weighted by Gasteiger charge is -2.13. The predicted molar refractivity (Wildman–Crippen MR) is 115 cm³/mol. The molecule has 0 aliphatic carbocycles. The number of ether oxygens (including phenoxy) is 1. The third kappa shape index (κ3) is 8.46. The van der Waals surface area contributed by atoms with E-state index in [1.54, 1.807) is 18.2 Å². The molecular formula is C23H32O5S. The highest BCUT2D eigenvalue weighted by Gasteiger charge is 2.14. The molecule has 29 heavy (non-hydrogen) atoms. The zero-order valence-corrected chi connectivity index (χ0v) is 18.0. The van der Waals surface area contributed by atoms with E-state index < -0.39 is 10.1 Å². The van der Waals surface area contributed by atoms with E-state index in [2.05, 4.69) is 6.92 Å². The largest absolute Gasteiger partial charge is 0.508 e. The quantitative estimate of drug-likeness (QED) is 0.285. The second-order valence-electron chi connectivity index (χ2n) is 7.42. The van der Waals surface area contributed by atoms with Crippen LogP contribution >= 0.6 is 0 Å². The van der Waals surface area contributed by atoms with Gasteiger partial charge in [-0.2, -0.15) is 8.42 Å². The molecule has 0 spiro atoms. The van der Waals surface area contributed by atoms with Gasteiger partial charge in [0.25, 0.3) is 10.1 Å². The molecule has 0 aromatic heterocycles. The van der Waals surface area contributed by atoms with E-state index in [-0.39, 0.29) is 10.6 Å². The predicted octanol–water partition coefficient (Wildman–Crippen LogP) is 6.50. The molecule has 2 N–H and O–H groups in total. The maximum Gasteiger partial charge on any atom is 0.294 e. The Morgan fingerprint density at radius 3 is 2.00 bits per heavy atom. The smallest absolute Gasteiger partial charge is 0.294 e. The first-order valence-electron chi connectivity index (χ1n) is 10.5. The molecule has 2 aromatic carbocycles. The zero-order chi connectivity index (χ0) is 21.1. The minimum absolute atomic E-state index is 0.124. The molecule has 5 nitrogen and oxygen atoms in total. The van der Waals surface area contributed by atoms with Crippen molar-refractivity contribution < 1.29 is 22.8 Å². The summed E-state index contributed by atoms with van der Waals surface area (Å²) >= 11 is 0. The lowest BCUT2D eigenvalue weighted by Crippen LogP contribution is -2.00. The van der Waals surface area contributed by atoms with E-state index in [0.29, 0.717) is 11.5 Å². The van der Waals surface area contributed by atoms with Crippen LogP contribution in [0.2, 0.25) is 0 Å². The number of benzene rings is 2. The van der Waals surface area contributed by atoms with E-state index in [9.17, 15) is 18.1 Å². The minimum atomic E-state index is -4.30. The molecule has 0 saturated carbocycles. The molecule has 6 heteroatoms. The molecule has 0 bridgehead atoms. The van der Waals surface area contributed by atoms with Crippen molar-refractivity contribution in [3.8, 4) is 17.2 Å². The number of phenols is 1. The number of aromatic hydroxyl groups is 1. The first-order valence-corrected chi connectivity index (χ1v) is 11.9. The number of hydrogen-bond acceptors (Lipinski definition) is 4. The molecule has 0 aliphatic rings. The highest BCUT2D eigenvalue weighted by Crippen LogP contribution is 2.30. The van der Waals surface area contributed by atoms with Crippen LogP contribution in [0.1, 0.15) is 70.3 Å². The van der Waals surface area contributed by atoms with Crippen LogP contribution in [-0.2, 0) is 16.5 Å². The Hall–Kier alpha value is -2.05. The summed E-state index contributed by atoms with van der Waals surface area (Å²) < 4.78 is 38.2. The lowest BCUT2D eigenvalue weighted by atomic mass is 10.0. The molecule has 0 radical (unpaired) electrons. The van der Waals surface area contributed by atoms with Gasteiger partial charge in [-0.15, -0.1) is 0 Å². The van der Waals surface area contributed by atoms with Crippen LogP contribution in [0.25, 0.3) is 0 Å². The maximum atomic E-state index is 11.5. The second-order valence-corrected chi connectivity index (χ2v) is 8.84. The average Bonchev–Trinajstić information content (AvgIpc) is 2.68. The molecule has 0 amide bonds. The van der Waals surface area contributed by atoms with Gasteiger partial charge < -0.3 is 9.84 Å².